The standard InChI is InChI=1S/C36H52N2O4/c1-31(2)15-17-36(38-30(41)42-22-11-9-10-12-22)18-16-35(7)28(23(36)20-31)25(39)19-27-33(5)21-24(37-8)29(40)32(3,4)26(33)13-14-34(27,35)6/h21-23,26-28H,9-20H2,1-7H3,(H,38,41)/t23-,26-,27+,28-,33-,34+,35+,36-/m0/s1. The lowest BCUT2D eigenvalue weighted by Gasteiger charge is -2.72. The molecule has 0 bridgehead atoms. The Morgan fingerprint density at radius 2 is 1.57 bits per heavy atom. The molecule has 0 aliphatic heterocycles. The van der Waals surface area contributed by atoms with Gasteiger partial charge in [-0.2, -0.15) is 0 Å². The van der Waals surface area contributed by atoms with Gasteiger partial charge in [0.05, 0.1) is 6.57 Å². The molecule has 6 heteroatoms. The van der Waals surface area contributed by atoms with Gasteiger partial charge in [-0.1, -0.05) is 54.5 Å². The van der Waals surface area contributed by atoms with Crippen molar-refractivity contribution in [3.05, 3.63) is 23.2 Å². The minimum atomic E-state index is -0.621. The average Bonchev–Trinajstić information content (AvgIpc) is 3.41. The van der Waals surface area contributed by atoms with Crippen LogP contribution in [-0.2, 0) is 14.3 Å². The first-order valence-electron chi connectivity index (χ1n) is 16.7. The zero-order valence-corrected chi connectivity index (χ0v) is 27.0. The number of hydrogen-bond donors (Lipinski definition) is 1. The lowest BCUT2D eigenvalue weighted by Crippen LogP contribution is -2.72. The summed E-state index contributed by atoms with van der Waals surface area (Å²) in [5, 5.41) is 3.44. The molecule has 0 saturated heterocycles. The van der Waals surface area contributed by atoms with Gasteiger partial charge >= 0.3 is 6.09 Å². The van der Waals surface area contributed by atoms with Gasteiger partial charge in [0.15, 0.2) is 5.78 Å². The third-order valence-electron chi connectivity index (χ3n) is 14.4. The first kappa shape index (κ1) is 29.9. The number of fused-ring (bicyclic) bond motifs is 7. The molecule has 0 aromatic heterocycles. The third-order valence-corrected chi connectivity index (χ3v) is 14.4. The van der Waals surface area contributed by atoms with Crippen molar-refractivity contribution in [3.8, 4) is 0 Å². The maximum atomic E-state index is 14.7. The fourth-order valence-electron chi connectivity index (χ4n) is 11.9. The van der Waals surface area contributed by atoms with Crippen LogP contribution >= 0.6 is 0 Å². The number of amides is 1. The number of carbonyl (C=O) groups excluding carboxylic acids is 3. The summed E-state index contributed by atoms with van der Waals surface area (Å²) in [7, 11) is 0. The summed E-state index contributed by atoms with van der Waals surface area (Å²) in [5.41, 5.74) is -1.41. The summed E-state index contributed by atoms with van der Waals surface area (Å²) in [6.45, 7) is 23.5. The maximum Gasteiger partial charge on any atom is 0.407 e. The fraction of sp³-hybridized carbons (Fsp3) is 0.833. The molecule has 0 aromatic carbocycles. The van der Waals surface area contributed by atoms with Gasteiger partial charge in [0, 0.05) is 23.3 Å². The molecule has 6 aliphatic carbocycles. The van der Waals surface area contributed by atoms with E-state index in [1.807, 2.05) is 19.9 Å². The predicted molar refractivity (Wildman–Crippen MR) is 162 cm³/mol. The topological polar surface area (TPSA) is 76.8 Å². The Morgan fingerprint density at radius 1 is 0.905 bits per heavy atom. The van der Waals surface area contributed by atoms with Gasteiger partial charge in [0.25, 0.3) is 0 Å². The Kier molecular flexibility index (Phi) is 6.70. The van der Waals surface area contributed by atoms with E-state index >= 15 is 0 Å². The lowest BCUT2D eigenvalue weighted by molar-refractivity contribution is -0.214. The van der Waals surface area contributed by atoms with E-state index in [2.05, 4.69) is 44.8 Å². The number of carbonyl (C=O) groups is 3. The van der Waals surface area contributed by atoms with E-state index in [0.717, 1.165) is 70.6 Å². The van der Waals surface area contributed by atoms with E-state index < -0.39 is 16.4 Å². The molecule has 230 valence electrons. The molecular weight excluding hydrogens is 524 g/mol. The first-order valence-corrected chi connectivity index (χ1v) is 16.7. The highest BCUT2D eigenvalue weighted by Gasteiger charge is 2.72. The number of ketones is 2. The summed E-state index contributed by atoms with van der Waals surface area (Å²) in [6.07, 6.45) is 12.8. The van der Waals surface area contributed by atoms with Crippen molar-refractivity contribution in [3.63, 3.8) is 0 Å². The van der Waals surface area contributed by atoms with Gasteiger partial charge in [-0.05, 0) is 110 Å². The second kappa shape index (κ2) is 9.42. The monoisotopic (exact) mass is 576 g/mol. The van der Waals surface area contributed by atoms with Crippen LogP contribution in [0.5, 0.6) is 0 Å². The van der Waals surface area contributed by atoms with Crippen LogP contribution in [0, 0.1) is 57.3 Å². The summed E-state index contributed by atoms with van der Waals surface area (Å²) < 4.78 is 5.93. The largest absolute Gasteiger partial charge is 0.446 e. The van der Waals surface area contributed by atoms with Crippen LogP contribution < -0.4 is 5.32 Å². The highest BCUT2D eigenvalue weighted by Crippen LogP contribution is 2.74. The average molecular weight is 577 g/mol. The van der Waals surface area contributed by atoms with Crippen molar-refractivity contribution < 1.29 is 19.1 Å². The normalized spacial score (nSPS) is 45.8. The Balaban J connectivity index is 1.39. The van der Waals surface area contributed by atoms with Gasteiger partial charge in [-0.25, -0.2) is 9.64 Å². The highest BCUT2D eigenvalue weighted by atomic mass is 16.6. The zero-order valence-electron chi connectivity index (χ0n) is 27.0. The lowest BCUT2D eigenvalue weighted by atomic mass is 9.32. The van der Waals surface area contributed by atoms with Crippen molar-refractivity contribution in [1.82, 2.24) is 5.32 Å². The SMILES string of the molecule is [C-]#[N+]C1=C[C@]2(C)[C@H]3CC(=O)[C@@H]4[C@@H]5CC(C)(C)CC[C@]5(NC(=O)OC5CCCC5)CC[C@@]4(C)[C@]3(C)CC[C@H]2C(C)(C)C1=O. The maximum absolute atomic E-state index is 14.7. The smallest absolute Gasteiger partial charge is 0.407 e. The second-order valence-electron chi connectivity index (χ2n) is 17.3. The van der Waals surface area contributed by atoms with E-state index in [-0.39, 0.29) is 63.6 Å². The van der Waals surface area contributed by atoms with Crippen LogP contribution in [0.4, 0.5) is 4.79 Å². The van der Waals surface area contributed by atoms with E-state index in [1.165, 1.54) is 0 Å². The molecule has 1 amide bonds. The van der Waals surface area contributed by atoms with Crippen LogP contribution in [0.3, 0.4) is 0 Å². The van der Waals surface area contributed by atoms with Crippen molar-refractivity contribution in [2.75, 3.05) is 0 Å². The quantitative estimate of drug-likeness (QED) is 0.337. The van der Waals surface area contributed by atoms with E-state index in [9.17, 15) is 14.4 Å². The summed E-state index contributed by atoms with van der Waals surface area (Å²) >= 11 is 0. The summed E-state index contributed by atoms with van der Waals surface area (Å²) in [4.78, 5) is 45.1. The van der Waals surface area contributed by atoms with Gasteiger partial charge in [0.2, 0.25) is 5.70 Å². The molecular formula is C36H52N2O4. The fourth-order valence-corrected chi connectivity index (χ4v) is 11.9. The van der Waals surface area contributed by atoms with Gasteiger partial charge in [-0.15, -0.1) is 0 Å². The van der Waals surface area contributed by atoms with Crippen LogP contribution in [-0.4, -0.2) is 29.3 Å². The molecule has 0 unspecified atom stereocenters. The Bertz CT molecular complexity index is 1270. The molecule has 6 rings (SSSR count). The molecule has 0 heterocycles. The molecule has 6 nitrogen and oxygen atoms in total. The molecule has 8 atom stereocenters. The molecule has 0 aromatic rings. The van der Waals surface area contributed by atoms with Crippen molar-refractivity contribution in [2.24, 2.45) is 50.7 Å². The first-order chi connectivity index (χ1) is 19.5. The minimum absolute atomic E-state index is 0.0145. The highest BCUT2D eigenvalue weighted by molar-refractivity contribution is 6.02. The molecule has 42 heavy (non-hydrogen) atoms. The third kappa shape index (κ3) is 4.03. The molecule has 5 saturated carbocycles. The minimum Gasteiger partial charge on any atom is -0.446 e. The second-order valence-corrected chi connectivity index (χ2v) is 17.3. The van der Waals surface area contributed by atoms with Crippen molar-refractivity contribution in [2.45, 2.75) is 137 Å². The number of nitrogens with one attached hydrogen (secondary N) is 1. The number of nitrogens with zero attached hydrogens (tertiary/aromatic N) is 1. The number of rotatable bonds is 2. The number of Topliss-reactive ketones (excluding diaryl/α,β-unsaturated/α-hetero) is 2. The Hall–Kier alpha value is -2.16. The van der Waals surface area contributed by atoms with Crippen molar-refractivity contribution >= 4 is 17.7 Å². The van der Waals surface area contributed by atoms with Crippen molar-refractivity contribution in [1.29, 1.82) is 0 Å². The van der Waals surface area contributed by atoms with Crippen LogP contribution in [0.15, 0.2) is 11.8 Å². The number of hydrogen-bond acceptors (Lipinski definition) is 4. The molecule has 1 N–H and O–H groups in total. The van der Waals surface area contributed by atoms with E-state index in [4.69, 9.17) is 11.3 Å². The zero-order chi connectivity index (χ0) is 30.5. The van der Waals surface area contributed by atoms with E-state index in [1.54, 1.807) is 0 Å². The summed E-state index contributed by atoms with van der Waals surface area (Å²) in [6, 6.07) is 0. The number of alkyl carbamates (subject to hydrolysis) is 1. The van der Waals surface area contributed by atoms with Crippen LogP contribution in [0.1, 0.15) is 126 Å². The van der Waals surface area contributed by atoms with Gasteiger partial charge in [0.1, 0.15) is 11.9 Å². The van der Waals surface area contributed by atoms with Crippen LogP contribution in [0.2, 0.25) is 0 Å². The number of allylic oxidation sites excluding steroid dienone is 2. The number of ether oxygens (including phenoxy) is 1. The molecule has 5 fully saturated rings. The molecule has 6 aliphatic rings. The van der Waals surface area contributed by atoms with Gasteiger partial charge in [-0.3, -0.25) is 4.79 Å². The Labute approximate surface area is 253 Å². The summed E-state index contributed by atoms with van der Waals surface area (Å²) in [5.74, 6) is 0.417. The molecule has 0 radical (unpaired) electrons. The molecule has 0 spiro atoms. The van der Waals surface area contributed by atoms with Gasteiger partial charge < -0.3 is 14.8 Å². The van der Waals surface area contributed by atoms with Crippen LogP contribution in [0.25, 0.3) is 4.85 Å². The predicted octanol–water partition coefficient (Wildman–Crippen LogP) is 8.06. The van der Waals surface area contributed by atoms with E-state index in [0.29, 0.717) is 12.2 Å². The Morgan fingerprint density at radius 3 is 2.24 bits per heavy atom.